The Kier molecular flexibility index (Phi) is 6.69. The molecule has 1 saturated carbocycles. The predicted molar refractivity (Wildman–Crippen MR) is 145 cm³/mol. The molecule has 0 amide bonds. The Morgan fingerprint density at radius 3 is 2.62 bits per heavy atom. The van der Waals surface area contributed by atoms with E-state index in [1.165, 1.54) is 27.7 Å². The Hall–Kier alpha value is -3.27. The smallest absolute Gasteiger partial charge is 0.342 e. The number of amidine groups is 1. The van der Waals surface area contributed by atoms with E-state index in [9.17, 15) is 18.0 Å². The van der Waals surface area contributed by atoms with Crippen molar-refractivity contribution in [3.05, 3.63) is 69.9 Å². The first-order valence-corrected chi connectivity index (χ1v) is 13.9. The Labute approximate surface area is 225 Å². The minimum atomic E-state index is -4.58. The summed E-state index contributed by atoms with van der Waals surface area (Å²) in [5.74, 6) is 1.98. The van der Waals surface area contributed by atoms with Gasteiger partial charge in [-0.3, -0.25) is 19.3 Å². The van der Waals surface area contributed by atoms with Crippen molar-refractivity contribution in [2.24, 2.45) is 16.9 Å². The molecule has 2 aromatic heterocycles. The molecule has 2 atom stereocenters. The molecule has 4 heterocycles. The highest BCUT2D eigenvalue weighted by molar-refractivity contribution is 5.90. The van der Waals surface area contributed by atoms with Crippen LogP contribution in [0.4, 0.5) is 13.2 Å². The number of nitrogens with one attached hydrogen (secondary N) is 1. The van der Waals surface area contributed by atoms with E-state index in [4.69, 9.17) is 0 Å². The van der Waals surface area contributed by atoms with Gasteiger partial charge in [-0.05, 0) is 73.4 Å². The minimum Gasteiger partial charge on any atom is -0.342 e. The van der Waals surface area contributed by atoms with Gasteiger partial charge in [0.1, 0.15) is 12.5 Å². The molecule has 7 nitrogen and oxygen atoms in total. The number of likely N-dealkylation sites (N-methyl/N-ethyl adjacent to an activating group) is 1. The van der Waals surface area contributed by atoms with Gasteiger partial charge in [0.25, 0.3) is 0 Å². The zero-order chi connectivity index (χ0) is 27.3. The van der Waals surface area contributed by atoms with E-state index in [2.05, 4.69) is 27.3 Å². The van der Waals surface area contributed by atoms with Gasteiger partial charge in [-0.2, -0.15) is 18.3 Å². The van der Waals surface area contributed by atoms with E-state index in [0.29, 0.717) is 36.3 Å². The van der Waals surface area contributed by atoms with Crippen molar-refractivity contribution >= 4 is 11.4 Å². The number of hydrogen-bond acceptors (Lipinski definition) is 5. The standard InChI is InChI=1S/C29H35F3N6O/c1-19-6-5-11-36(14-19)15-20-12-24(29(30,31)32)25-17-37(28(39)38(25)16-20)23-10-4-9-22(13-23)26(21-7-3-8-21)27-34-33-18-35(27)2/h4,9-10,12-13,16-17,19,21,26,33H,3,5-8,11,14-15,18H2,1-2H3/t19-,26+/m0/s1. The van der Waals surface area contributed by atoms with Crippen molar-refractivity contribution in [3.63, 3.8) is 0 Å². The number of imidazole rings is 1. The average molecular weight is 541 g/mol. The van der Waals surface area contributed by atoms with Crippen LogP contribution in [0, 0.1) is 11.8 Å². The van der Waals surface area contributed by atoms with Crippen LogP contribution in [0.1, 0.15) is 61.6 Å². The Bertz CT molecular complexity index is 1450. The van der Waals surface area contributed by atoms with Crippen LogP contribution >= 0.6 is 0 Å². The molecule has 3 aromatic rings. The third-order valence-corrected chi connectivity index (χ3v) is 8.58. The van der Waals surface area contributed by atoms with Gasteiger partial charge in [0.05, 0.1) is 16.8 Å². The lowest BCUT2D eigenvalue weighted by atomic mass is 9.72. The maximum absolute atomic E-state index is 14.2. The summed E-state index contributed by atoms with van der Waals surface area (Å²) in [4.78, 5) is 17.9. The number of aromatic nitrogens is 2. The highest BCUT2D eigenvalue weighted by Crippen LogP contribution is 2.41. The van der Waals surface area contributed by atoms with Crippen molar-refractivity contribution < 1.29 is 13.2 Å². The van der Waals surface area contributed by atoms with Gasteiger partial charge in [-0.15, -0.1) is 0 Å². The van der Waals surface area contributed by atoms with Crippen molar-refractivity contribution in [1.29, 1.82) is 0 Å². The summed E-state index contributed by atoms with van der Waals surface area (Å²) in [7, 11) is 2.00. The van der Waals surface area contributed by atoms with E-state index in [1.54, 1.807) is 12.3 Å². The van der Waals surface area contributed by atoms with Gasteiger partial charge in [0.15, 0.2) is 0 Å². The van der Waals surface area contributed by atoms with E-state index < -0.39 is 17.4 Å². The second-order valence-electron chi connectivity index (χ2n) is 11.5. The molecule has 39 heavy (non-hydrogen) atoms. The SMILES string of the molecule is C[C@H]1CCCN(Cc2cc(C(F)(F)F)c3cn(-c4cccc([C@H](C5=NNCN5C)C5CCC5)c4)c(=O)n3c2)C1. The summed E-state index contributed by atoms with van der Waals surface area (Å²) >= 11 is 0. The monoisotopic (exact) mass is 540 g/mol. The fourth-order valence-electron chi connectivity index (χ4n) is 6.40. The number of benzene rings is 1. The summed E-state index contributed by atoms with van der Waals surface area (Å²) in [6.45, 7) is 4.90. The summed E-state index contributed by atoms with van der Waals surface area (Å²) in [5.41, 5.74) is 3.71. The van der Waals surface area contributed by atoms with Crippen LogP contribution in [0.5, 0.6) is 0 Å². The van der Waals surface area contributed by atoms with Gasteiger partial charge in [-0.25, -0.2) is 4.79 Å². The van der Waals surface area contributed by atoms with Crippen LogP contribution in [0.15, 0.2) is 52.6 Å². The Balaban J connectivity index is 1.41. The van der Waals surface area contributed by atoms with E-state index in [0.717, 1.165) is 50.2 Å². The van der Waals surface area contributed by atoms with Gasteiger partial charge in [0.2, 0.25) is 0 Å². The van der Waals surface area contributed by atoms with Crippen LogP contribution in [0.25, 0.3) is 11.2 Å². The second-order valence-corrected chi connectivity index (χ2v) is 11.5. The van der Waals surface area contributed by atoms with Crippen molar-refractivity contribution in [2.45, 2.75) is 57.7 Å². The summed E-state index contributed by atoms with van der Waals surface area (Å²) in [5, 5.41) is 4.54. The zero-order valence-corrected chi connectivity index (χ0v) is 22.4. The van der Waals surface area contributed by atoms with Crippen LogP contribution in [0.3, 0.4) is 0 Å². The fraction of sp³-hybridized carbons (Fsp3) is 0.517. The third kappa shape index (κ3) is 4.95. The number of fused-ring (bicyclic) bond motifs is 1. The second kappa shape index (κ2) is 10.0. The first-order valence-electron chi connectivity index (χ1n) is 13.9. The maximum atomic E-state index is 14.2. The van der Waals surface area contributed by atoms with Gasteiger partial charge >= 0.3 is 11.9 Å². The van der Waals surface area contributed by atoms with Crippen molar-refractivity contribution in [1.82, 2.24) is 24.2 Å². The molecule has 0 radical (unpaired) electrons. The van der Waals surface area contributed by atoms with Gasteiger partial charge in [-0.1, -0.05) is 25.5 Å². The summed E-state index contributed by atoms with van der Waals surface area (Å²) in [6.07, 6.45) is 3.87. The van der Waals surface area contributed by atoms with Crippen LogP contribution in [0.2, 0.25) is 0 Å². The lowest BCUT2D eigenvalue weighted by Crippen LogP contribution is -2.35. The topological polar surface area (TPSA) is 57.3 Å². The molecular formula is C29H35F3N6O. The maximum Gasteiger partial charge on any atom is 0.418 e. The fourth-order valence-corrected chi connectivity index (χ4v) is 6.40. The number of hydrazone groups is 1. The van der Waals surface area contributed by atoms with E-state index in [1.807, 2.05) is 25.2 Å². The van der Waals surface area contributed by atoms with Gasteiger partial charge in [0, 0.05) is 38.4 Å². The number of piperidine rings is 1. The number of pyridine rings is 1. The normalized spacial score (nSPS) is 21.6. The Morgan fingerprint density at radius 1 is 1.13 bits per heavy atom. The van der Waals surface area contributed by atoms with E-state index in [-0.39, 0.29) is 11.4 Å². The van der Waals surface area contributed by atoms with Crippen LogP contribution < -0.4 is 11.1 Å². The zero-order valence-electron chi connectivity index (χ0n) is 22.4. The molecule has 208 valence electrons. The quantitative estimate of drug-likeness (QED) is 0.477. The molecule has 2 aliphatic heterocycles. The molecule has 1 aromatic carbocycles. The largest absolute Gasteiger partial charge is 0.418 e. The lowest BCUT2D eigenvalue weighted by molar-refractivity contribution is -0.136. The highest BCUT2D eigenvalue weighted by atomic mass is 19.4. The predicted octanol–water partition coefficient (Wildman–Crippen LogP) is 5.03. The third-order valence-electron chi connectivity index (χ3n) is 8.58. The number of rotatable bonds is 6. The summed E-state index contributed by atoms with van der Waals surface area (Å²) in [6, 6.07) is 8.83. The summed E-state index contributed by atoms with van der Waals surface area (Å²) < 4.78 is 45.2. The Morgan fingerprint density at radius 2 is 1.95 bits per heavy atom. The number of nitrogens with zero attached hydrogens (tertiary/aromatic N) is 5. The number of alkyl halides is 3. The van der Waals surface area contributed by atoms with Crippen molar-refractivity contribution in [3.8, 4) is 5.69 Å². The lowest BCUT2D eigenvalue weighted by Gasteiger charge is -2.35. The molecule has 0 spiro atoms. The first-order chi connectivity index (χ1) is 18.7. The molecular weight excluding hydrogens is 505 g/mol. The number of halogens is 3. The number of likely N-dealkylation sites (tertiary alicyclic amines) is 1. The molecule has 1 N–H and O–H groups in total. The van der Waals surface area contributed by atoms with Gasteiger partial charge < -0.3 is 4.90 Å². The highest BCUT2D eigenvalue weighted by Gasteiger charge is 2.37. The molecule has 1 aliphatic carbocycles. The molecule has 0 bridgehead atoms. The number of hydrogen-bond donors (Lipinski definition) is 1. The molecule has 3 aliphatic rings. The average Bonchev–Trinajstić information content (AvgIpc) is 3.43. The van der Waals surface area contributed by atoms with E-state index >= 15 is 0 Å². The molecule has 0 unspecified atom stereocenters. The first kappa shape index (κ1) is 26.0. The molecule has 2 fully saturated rings. The molecule has 6 rings (SSSR count). The van der Waals surface area contributed by atoms with Crippen molar-refractivity contribution in [2.75, 3.05) is 26.8 Å². The minimum absolute atomic E-state index is 0.0655. The molecule has 10 heteroatoms. The van der Waals surface area contributed by atoms with Crippen LogP contribution in [-0.2, 0) is 12.7 Å². The molecule has 1 saturated heterocycles. The van der Waals surface area contributed by atoms with Crippen LogP contribution in [-0.4, -0.2) is 51.4 Å².